The maximum Gasteiger partial charge on any atom is 0.337 e. The van der Waals surface area contributed by atoms with Crippen LogP contribution in [0, 0.1) is 5.92 Å². The lowest BCUT2D eigenvalue weighted by Gasteiger charge is -2.08. The summed E-state index contributed by atoms with van der Waals surface area (Å²) in [6.45, 7) is 4.62. The van der Waals surface area contributed by atoms with Crippen molar-refractivity contribution < 1.29 is 9.90 Å². The number of carboxylic acid groups (broad SMARTS) is 1. The number of hydrogen-bond acceptors (Lipinski definition) is 3. The first-order valence-corrected chi connectivity index (χ1v) is 5.25. The molecule has 1 heterocycles. The Kier molecular flexibility index (Phi) is 4.45. The number of guanidine groups is 1. The number of pyridine rings is 1. The van der Waals surface area contributed by atoms with Crippen molar-refractivity contribution in [2.75, 3.05) is 11.9 Å². The van der Waals surface area contributed by atoms with Gasteiger partial charge in [-0.25, -0.2) is 4.79 Å². The number of carbonyl (C=O) groups is 1. The molecule has 0 saturated heterocycles. The van der Waals surface area contributed by atoms with Gasteiger partial charge < -0.3 is 16.2 Å². The summed E-state index contributed by atoms with van der Waals surface area (Å²) >= 11 is 0. The van der Waals surface area contributed by atoms with Gasteiger partial charge in [0.2, 0.25) is 0 Å². The van der Waals surface area contributed by atoms with Crippen LogP contribution in [0.1, 0.15) is 24.2 Å². The molecular formula is C11H16N4O2. The molecule has 0 aliphatic heterocycles. The number of carboxylic acids is 1. The number of aromatic nitrogens is 1. The summed E-state index contributed by atoms with van der Waals surface area (Å²) in [7, 11) is 0. The summed E-state index contributed by atoms with van der Waals surface area (Å²) in [6.07, 6.45) is 2.82. The number of aromatic carboxylic acids is 1. The molecule has 92 valence electrons. The van der Waals surface area contributed by atoms with Crippen LogP contribution in [0.5, 0.6) is 0 Å². The minimum atomic E-state index is -1.04. The van der Waals surface area contributed by atoms with Crippen LogP contribution >= 0.6 is 0 Å². The van der Waals surface area contributed by atoms with Crippen LogP contribution in [-0.2, 0) is 0 Å². The lowest BCUT2D eigenvalue weighted by molar-refractivity contribution is 0.0698. The van der Waals surface area contributed by atoms with Gasteiger partial charge in [0.15, 0.2) is 5.96 Å². The highest BCUT2D eigenvalue weighted by Gasteiger charge is 2.09. The fourth-order valence-corrected chi connectivity index (χ4v) is 1.14. The zero-order valence-electron chi connectivity index (χ0n) is 9.84. The molecule has 6 heteroatoms. The fourth-order valence-electron chi connectivity index (χ4n) is 1.14. The van der Waals surface area contributed by atoms with E-state index in [0.717, 1.165) is 0 Å². The average Bonchev–Trinajstić information content (AvgIpc) is 2.27. The van der Waals surface area contributed by atoms with E-state index in [4.69, 9.17) is 10.8 Å². The molecule has 0 bridgehead atoms. The van der Waals surface area contributed by atoms with Crippen molar-refractivity contribution >= 4 is 17.6 Å². The Hall–Kier alpha value is -2.11. The smallest absolute Gasteiger partial charge is 0.337 e. The van der Waals surface area contributed by atoms with Gasteiger partial charge >= 0.3 is 5.97 Å². The van der Waals surface area contributed by atoms with Crippen LogP contribution in [0.25, 0.3) is 0 Å². The first-order chi connectivity index (χ1) is 8.00. The maximum atomic E-state index is 10.9. The molecule has 1 aromatic heterocycles. The molecule has 17 heavy (non-hydrogen) atoms. The Bertz CT molecular complexity index is 429. The largest absolute Gasteiger partial charge is 0.478 e. The number of nitrogens with two attached hydrogens (primary N) is 1. The number of hydrogen-bond donors (Lipinski definition) is 3. The Morgan fingerprint density at radius 2 is 2.35 bits per heavy atom. The third kappa shape index (κ3) is 4.10. The Balaban J connectivity index is 2.81. The van der Waals surface area contributed by atoms with E-state index in [1.165, 1.54) is 18.5 Å². The van der Waals surface area contributed by atoms with E-state index in [2.05, 4.69) is 15.3 Å². The van der Waals surface area contributed by atoms with Crippen molar-refractivity contribution in [2.45, 2.75) is 13.8 Å². The number of nitrogens with one attached hydrogen (secondary N) is 1. The summed E-state index contributed by atoms with van der Waals surface area (Å²) in [5.41, 5.74) is 6.09. The molecule has 1 aromatic rings. The molecule has 0 unspecified atom stereocenters. The van der Waals surface area contributed by atoms with Crippen molar-refractivity contribution in [3.63, 3.8) is 0 Å². The van der Waals surface area contributed by atoms with E-state index in [9.17, 15) is 4.79 Å². The highest BCUT2D eigenvalue weighted by molar-refractivity contribution is 6.00. The van der Waals surface area contributed by atoms with Gasteiger partial charge in [-0.3, -0.25) is 9.98 Å². The number of aliphatic imine (C=N–C) groups is 1. The molecule has 0 aliphatic carbocycles. The predicted octanol–water partition coefficient (Wildman–Crippen LogP) is 1.16. The molecule has 0 aliphatic rings. The van der Waals surface area contributed by atoms with E-state index in [1.807, 2.05) is 13.8 Å². The Labute approximate surface area is 99.6 Å². The molecule has 4 N–H and O–H groups in total. The van der Waals surface area contributed by atoms with Gasteiger partial charge in [0.05, 0.1) is 17.4 Å². The average molecular weight is 236 g/mol. The molecule has 0 spiro atoms. The maximum absolute atomic E-state index is 10.9. The second-order valence-corrected chi connectivity index (χ2v) is 3.97. The van der Waals surface area contributed by atoms with Gasteiger partial charge in [0.1, 0.15) is 0 Å². The molecule has 0 aromatic carbocycles. The summed E-state index contributed by atoms with van der Waals surface area (Å²) < 4.78 is 0. The minimum Gasteiger partial charge on any atom is -0.478 e. The normalized spacial score (nSPS) is 11.6. The highest BCUT2D eigenvalue weighted by Crippen LogP contribution is 2.12. The van der Waals surface area contributed by atoms with Gasteiger partial charge in [-0.15, -0.1) is 0 Å². The predicted molar refractivity (Wildman–Crippen MR) is 66.1 cm³/mol. The number of nitrogens with zero attached hydrogens (tertiary/aromatic N) is 2. The van der Waals surface area contributed by atoms with Gasteiger partial charge in [-0.1, -0.05) is 13.8 Å². The monoisotopic (exact) mass is 236 g/mol. The molecule has 0 radical (unpaired) electrons. The first kappa shape index (κ1) is 13.0. The number of anilines is 1. The Morgan fingerprint density at radius 1 is 1.65 bits per heavy atom. The molecule has 6 nitrogen and oxygen atoms in total. The summed E-state index contributed by atoms with van der Waals surface area (Å²) in [5, 5.41) is 11.7. The lowest BCUT2D eigenvalue weighted by atomic mass is 10.2. The van der Waals surface area contributed by atoms with Crippen LogP contribution in [-0.4, -0.2) is 28.6 Å². The van der Waals surface area contributed by atoms with E-state index >= 15 is 0 Å². The molecule has 0 atom stereocenters. The van der Waals surface area contributed by atoms with Crippen LogP contribution in [0.2, 0.25) is 0 Å². The SMILES string of the molecule is CC(C)CN=C(N)Nc1cnccc1C(=O)O. The van der Waals surface area contributed by atoms with Crippen LogP contribution in [0.15, 0.2) is 23.5 Å². The summed E-state index contributed by atoms with van der Waals surface area (Å²) in [4.78, 5) is 18.8. The highest BCUT2D eigenvalue weighted by atomic mass is 16.4. The van der Waals surface area contributed by atoms with Crippen molar-refractivity contribution in [2.24, 2.45) is 16.6 Å². The zero-order valence-corrected chi connectivity index (χ0v) is 9.84. The summed E-state index contributed by atoms with van der Waals surface area (Å²) in [5.74, 6) is -0.455. The second-order valence-electron chi connectivity index (χ2n) is 3.97. The second kappa shape index (κ2) is 5.83. The molecule has 0 fully saturated rings. The first-order valence-electron chi connectivity index (χ1n) is 5.25. The van der Waals surface area contributed by atoms with Gasteiger partial charge in [-0.05, 0) is 12.0 Å². The van der Waals surface area contributed by atoms with Crippen LogP contribution < -0.4 is 11.1 Å². The zero-order chi connectivity index (χ0) is 12.8. The third-order valence-corrected chi connectivity index (χ3v) is 1.94. The van der Waals surface area contributed by atoms with Gasteiger partial charge in [0, 0.05) is 12.7 Å². The Morgan fingerprint density at radius 3 is 2.94 bits per heavy atom. The van der Waals surface area contributed by atoms with E-state index in [0.29, 0.717) is 18.2 Å². The van der Waals surface area contributed by atoms with E-state index in [-0.39, 0.29) is 11.5 Å². The van der Waals surface area contributed by atoms with Gasteiger partial charge in [-0.2, -0.15) is 0 Å². The van der Waals surface area contributed by atoms with Crippen molar-refractivity contribution in [3.8, 4) is 0 Å². The topological polar surface area (TPSA) is 101 Å². The van der Waals surface area contributed by atoms with Crippen molar-refractivity contribution in [1.29, 1.82) is 0 Å². The number of rotatable bonds is 4. The fraction of sp³-hybridized carbons (Fsp3) is 0.364. The quantitative estimate of drug-likeness (QED) is 0.538. The molecule has 0 amide bonds. The third-order valence-electron chi connectivity index (χ3n) is 1.94. The van der Waals surface area contributed by atoms with Crippen LogP contribution in [0.3, 0.4) is 0 Å². The van der Waals surface area contributed by atoms with Gasteiger partial charge in [0.25, 0.3) is 0 Å². The molecule has 0 saturated carbocycles. The van der Waals surface area contributed by atoms with Crippen molar-refractivity contribution in [1.82, 2.24) is 4.98 Å². The molecular weight excluding hydrogens is 220 g/mol. The minimum absolute atomic E-state index is 0.114. The van der Waals surface area contributed by atoms with Crippen molar-refractivity contribution in [3.05, 3.63) is 24.0 Å². The van der Waals surface area contributed by atoms with Crippen LogP contribution in [0.4, 0.5) is 5.69 Å². The molecule has 1 rings (SSSR count). The standard InChI is InChI=1S/C11H16N4O2/c1-7(2)5-14-11(12)15-9-6-13-4-3-8(9)10(16)17/h3-4,6-7H,5H2,1-2H3,(H,16,17)(H3,12,14,15). The summed E-state index contributed by atoms with van der Waals surface area (Å²) in [6, 6.07) is 1.40. The van der Waals surface area contributed by atoms with E-state index < -0.39 is 5.97 Å². The van der Waals surface area contributed by atoms with E-state index in [1.54, 1.807) is 0 Å². The lowest BCUT2D eigenvalue weighted by Crippen LogP contribution is -2.24.